The molecule has 1 atom stereocenters. The second-order valence-electron chi connectivity index (χ2n) is 4.51. The van der Waals surface area contributed by atoms with Crippen molar-refractivity contribution in [3.05, 3.63) is 28.8 Å². The lowest BCUT2D eigenvalue weighted by Crippen LogP contribution is -2.33. The highest BCUT2D eigenvalue weighted by Crippen LogP contribution is 2.31. The van der Waals surface area contributed by atoms with Crippen LogP contribution in [0.25, 0.3) is 0 Å². The minimum Gasteiger partial charge on any atom is -0.495 e. The minimum absolute atomic E-state index is 0.0699. The number of nitrogens with one attached hydrogen (secondary N) is 1. The fourth-order valence-corrected chi connectivity index (χ4v) is 2.63. The van der Waals surface area contributed by atoms with Gasteiger partial charge in [-0.2, -0.15) is 0 Å². The fourth-order valence-electron chi connectivity index (χ4n) is 2.37. The number of ether oxygens (including phenoxy) is 1. The number of nitrogens with two attached hydrogens (primary N) is 1. The maximum Gasteiger partial charge on any atom is 0.137 e. The molecule has 3 N–H and O–H groups in total. The normalized spacial score (nSPS) is 19.0. The van der Waals surface area contributed by atoms with E-state index in [9.17, 15) is 0 Å². The standard InChI is InChI=1S/C13H19ClN2O/c1-17-12-3-2-10(8-11(12)14)13(15)9-4-6-16-7-5-9/h2-3,8-9,13,16H,4-7,15H2,1H3. The van der Waals surface area contributed by atoms with Crippen molar-refractivity contribution in [1.82, 2.24) is 5.32 Å². The quantitative estimate of drug-likeness (QED) is 0.871. The first kappa shape index (κ1) is 12.7. The first-order valence-corrected chi connectivity index (χ1v) is 6.40. The summed E-state index contributed by atoms with van der Waals surface area (Å²) < 4.78 is 5.14. The Labute approximate surface area is 107 Å². The Morgan fingerprint density at radius 3 is 2.71 bits per heavy atom. The molecule has 1 heterocycles. The number of rotatable bonds is 3. The third kappa shape index (κ3) is 2.92. The van der Waals surface area contributed by atoms with Gasteiger partial charge in [-0.15, -0.1) is 0 Å². The Hall–Kier alpha value is -0.770. The summed E-state index contributed by atoms with van der Waals surface area (Å²) in [4.78, 5) is 0. The van der Waals surface area contributed by atoms with Crippen molar-refractivity contribution < 1.29 is 4.74 Å². The lowest BCUT2D eigenvalue weighted by molar-refractivity contribution is 0.322. The maximum absolute atomic E-state index is 6.30. The van der Waals surface area contributed by atoms with Gasteiger partial charge in [-0.3, -0.25) is 0 Å². The third-order valence-corrected chi connectivity index (χ3v) is 3.75. The number of halogens is 1. The van der Waals surface area contributed by atoms with Gasteiger partial charge in [0.25, 0.3) is 0 Å². The Kier molecular flexibility index (Phi) is 4.26. The predicted molar refractivity (Wildman–Crippen MR) is 70.5 cm³/mol. The lowest BCUT2D eigenvalue weighted by atomic mass is 9.86. The predicted octanol–water partition coefficient (Wildman–Crippen LogP) is 2.35. The highest BCUT2D eigenvalue weighted by molar-refractivity contribution is 6.32. The van der Waals surface area contributed by atoms with E-state index in [-0.39, 0.29) is 6.04 Å². The molecule has 1 aliphatic heterocycles. The number of benzene rings is 1. The molecule has 1 unspecified atom stereocenters. The average Bonchev–Trinajstić information content (AvgIpc) is 2.39. The molecule has 0 saturated carbocycles. The molecule has 0 amide bonds. The number of hydrogen-bond donors (Lipinski definition) is 2. The van der Waals surface area contributed by atoms with Gasteiger partial charge in [-0.1, -0.05) is 17.7 Å². The van der Waals surface area contributed by atoms with Gasteiger partial charge in [-0.05, 0) is 49.5 Å². The molecule has 4 heteroatoms. The van der Waals surface area contributed by atoms with E-state index in [1.807, 2.05) is 18.2 Å². The highest BCUT2D eigenvalue weighted by atomic mass is 35.5. The van der Waals surface area contributed by atoms with Crippen LogP contribution in [0.1, 0.15) is 24.4 Å². The molecule has 0 aromatic heterocycles. The zero-order valence-electron chi connectivity index (χ0n) is 10.1. The van der Waals surface area contributed by atoms with Crippen LogP contribution >= 0.6 is 11.6 Å². The molecule has 1 aliphatic rings. The van der Waals surface area contributed by atoms with Crippen molar-refractivity contribution in [3.8, 4) is 5.75 Å². The largest absolute Gasteiger partial charge is 0.495 e. The molecule has 0 spiro atoms. The van der Waals surface area contributed by atoms with E-state index in [1.165, 1.54) is 0 Å². The van der Waals surface area contributed by atoms with Gasteiger partial charge in [-0.25, -0.2) is 0 Å². The van der Waals surface area contributed by atoms with Crippen LogP contribution in [-0.2, 0) is 0 Å². The fraction of sp³-hybridized carbons (Fsp3) is 0.538. The first-order valence-electron chi connectivity index (χ1n) is 6.02. The summed E-state index contributed by atoms with van der Waals surface area (Å²) in [5.74, 6) is 1.24. The summed E-state index contributed by atoms with van der Waals surface area (Å²) in [5, 5.41) is 3.98. The SMILES string of the molecule is COc1ccc(C(N)C2CCNCC2)cc1Cl. The summed E-state index contributed by atoms with van der Waals surface area (Å²) in [7, 11) is 1.62. The van der Waals surface area contributed by atoms with E-state index in [0.717, 1.165) is 31.5 Å². The highest BCUT2D eigenvalue weighted by Gasteiger charge is 2.22. The van der Waals surface area contributed by atoms with Crippen molar-refractivity contribution >= 4 is 11.6 Å². The molecule has 94 valence electrons. The maximum atomic E-state index is 6.30. The van der Waals surface area contributed by atoms with Crippen molar-refractivity contribution in [2.75, 3.05) is 20.2 Å². The zero-order valence-corrected chi connectivity index (χ0v) is 10.8. The second kappa shape index (κ2) is 5.71. The molecule has 1 saturated heterocycles. The zero-order chi connectivity index (χ0) is 12.3. The molecule has 17 heavy (non-hydrogen) atoms. The molecule has 1 fully saturated rings. The minimum atomic E-state index is 0.0699. The summed E-state index contributed by atoms with van der Waals surface area (Å²) in [5.41, 5.74) is 7.40. The first-order chi connectivity index (χ1) is 8.22. The molecule has 1 aromatic carbocycles. The summed E-state index contributed by atoms with van der Waals surface area (Å²) in [6.45, 7) is 2.12. The van der Waals surface area contributed by atoms with Crippen LogP contribution in [-0.4, -0.2) is 20.2 Å². The Morgan fingerprint density at radius 1 is 1.41 bits per heavy atom. The van der Waals surface area contributed by atoms with Crippen LogP contribution in [0.2, 0.25) is 5.02 Å². The van der Waals surface area contributed by atoms with Crippen LogP contribution in [0.5, 0.6) is 5.75 Å². The Bertz CT molecular complexity index is 378. The van der Waals surface area contributed by atoms with Gasteiger partial charge < -0.3 is 15.8 Å². The van der Waals surface area contributed by atoms with E-state index >= 15 is 0 Å². The van der Waals surface area contributed by atoms with E-state index in [1.54, 1.807) is 7.11 Å². The van der Waals surface area contributed by atoms with Crippen LogP contribution in [0.15, 0.2) is 18.2 Å². The molecule has 1 aromatic rings. The van der Waals surface area contributed by atoms with Crippen molar-refractivity contribution in [3.63, 3.8) is 0 Å². The van der Waals surface area contributed by atoms with Crippen LogP contribution < -0.4 is 15.8 Å². The Morgan fingerprint density at radius 2 is 2.12 bits per heavy atom. The average molecular weight is 255 g/mol. The molecule has 3 nitrogen and oxygen atoms in total. The van der Waals surface area contributed by atoms with E-state index in [4.69, 9.17) is 22.1 Å². The third-order valence-electron chi connectivity index (χ3n) is 3.45. The molecule has 0 bridgehead atoms. The van der Waals surface area contributed by atoms with Gasteiger partial charge >= 0.3 is 0 Å². The smallest absolute Gasteiger partial charge is 0.137 e. The molecular weight excluding hydrogens is 236 g/mol. The van der Waals surface area contributed by atoms with Gasteiger partial charge in [0.1, 0.15) is 5.75 Å². The molecule has 0 aliphatic carbocycles. The monoisotopic (exact) mass is 254 g/mol. The van der Waals surface area contributed by atoms with Crippen molar-refractivity contribution in [2.45, 2.75) is 18.9 Å². The van der Waals surface area contributed by atoms with Crippen molar-refractivity contribution in [2.24, 2.45) is 11.7 Å². The van der Waals surface area contributed by atoms with E-state index < -0.39 is 0 Å². The molecular formula is C13H19ClN2O. The van der Waals surface area contributed by atoms with Crippen LogP contribution in [0, 0.1) is 5.92 Å². The lowest BCUT2D eigenvalue weighted by Gasteiger charge is -2.28. The van der Waals surface area contributed by atoms with Gasteiger partial charge in [0.2, 0.25) is 0 Å². The van der Waals surface area contributed by atoms with Crippen LogP contribution in [0.4, 0.5) is 0 Å². The van der Waals surface area contributed by atoms with Gasteiger partial charge in [0.15, 0.2) is 0 Å². The molecule has 2 rings (SSSR count). The second-order valence-corrected chi connectivity index (χ2v) is 4.91. The van der Waals surface area contributed by atoms with Gasteiger partial charge in [0.05, 0.1) is 12.1 Å². The van der Waals surface area contributed by atoms with Gasteiger partial charge in [0, 0.05) is 6.04 Å². The van der Waals surface area contributed by atoms with Crippen molar-refractivity contribution in [1.29, 1.82) is 0 Å². The van der Waals surface area contributed by atoms with E-state index in [0.29, 0.717) is 16.7 Å². The van der Waals surface area contributed by atoms with Crippen LogP contribution in [0.3, 0.4) is 0 Å². The number of piperidine rings is 1. The summed E-state index contributed by atoms with van der Waals surface area (Å²) in [6, 6.07) is 5.89. The summed E-state index contributed by atoms with van der Waals surface area (Å²) in [6.07, 6.45) is 2.26. The van der Waals surface area contributed by atoms with E-state index in [2.05, 4.69) is 5.32 Å². The summed E-state index contributed by atoms with van der Waals surface area (Å²) >= 11 is 6.12. The Balaban J connectivity index is 2.12. The number of hydrogen-bond acceptors (Lipinski definition) is 3. The topological polar surface area (TPSA) is 47.3 Å². The molecule has 0 radical (unpaired) electrons. The number of methoxy groups -OCH3 is 1.